The van der Waals surface area contributed by atoms with Gasteiger partial charge in [0, 0.05) is 19.2 Å². The minimum Gasteiger partial charge on any atom is -0.428 e. The molecule has 0 spiro atoms. The van der Waals surface area contributed by atoms with E-state index in [1.54, 1.807) is 54.6 Å². The van der Waals surface area contributed by atoms with Gasteiger partial charge in [-0.15, -0.1) is 0 Å². The molecule has 39 heavy (non-hydrogen) atoms. The SMILES string of the molecule is NCc1ccc([C@@](Cc2ccccc2)(NCC(O)CC(F)(F)F)c2cc(F)cc(OC(F)(F)C(F)F)c2)cc1. The van der Waals surface area contributed by atoms with Gasteiger partial charge in [0.25, 0.3) is 0 Å². The van der Waals surface area contributed by atoms with E-state index in [-0.39, 0.29) is 18.5 Å². The molecule has 1 unspecified atom stereocenters. The Morgan fingerprint density at radius 1 is 0.846 bits per heavy atom. The number of nitrogens with one attached hydrogen (secondary N) is 1. The van der Waals surface area contributed by atoms with E-state index >= 15 is 0 Å². The predicted octanol–water partition coefficient (Wildman–Crippen LogP) is 5.91. The molecule has 3 aromatic carbocycles. The van der Waals surface area contributed by atoms with Crippen molar-refractivity contribution in [3.05, 3.63) is 101 Å². The molecule has 3 aromatic rings. The molecule has 0 heterocycles. The van der Waals surface area contributed by atoms with E-state index in [0.29, 0.717) is 22.8 Å². The number of ether oxygens (including phenoxy) is 1. The molecule has 0 radical (unpaired) electrons. The van der Waals surface area contributed by atoms with Crippen LogP contribution in [0.4, 0.5) is 35.1 Å². The molecule has 0 fully saturated rings. The number of benzene rings is 3. The molecule has 2 atom stereocenters. The Hall–Kier alpha value is -3.22. The Kier molecular flexibility index (Phi) is 9.57. The number of halogens is 8. The first-order chi connectivity index (χ1) is 18.2. The zero-order valence-electron chi connectivity index (χ0n) is 20.4. The summed E-state index contributed by atoms with van der Waals surface area (Å²) in [7, 11) is 0. The van der Waals surface area contributed by atoms with E-state index < -0.39 is 54.9 Å². The number of hydrogen-bond acceptors (Lipinski definition) is 4. The van der Waals surface area contributed by atoms with E-state index in [2.05, 4.69) is 10.1 Å². The number of aliphatic hydroxyl groups is 1. The van der Waals surface area contributed by atoms with Gasteiger partial charge in [-0.1, -0.05) is 54.6 Å². The first kappa shape index (κ1) is 30.3. The molecular formula is C27H26F8N2O2. The molecule has 12 heteroatoms. The fourth-order valence-electron chi connectivity index (χ4n) is 4.17. The molecule has 4 N–H and O–H groups in total. The maximum Gasteiger partial charge on any atom is 0.461 e. The lowest BCUT2D eigenvalue weighted by Gasteiger charge is -2.38. The third-order valence-corrected chi connectivity index (χ3v) is 5.97. The Bertz CT molecular complexity index is 1210. The molecule has 4 nitrogen and oxygen atoms in total. The van der Waals surface area contributed by atoms with Crippen LogP contribution in [0.5, 0.6) is 5.75 Å². The molecule has 0 bridgehead atoms. The van der Waals surface area contributed by atoms with Gasteiger partial charge >= 0.3 is 18.7 Å². The van der Waals surface area contributed by atoms with Crippen LogP contribution in [0, 0.1) is 5.82 Å². The van der Waals surface area contributed by atoms with E-state index in [1.165, 1.54) is 0 Å². The molecule has 0 aliphatic carbocycles. The second kappa shape index (κ2) is 12.3. The lowest BCUT2D eigenvalue weighted by Crippen LogP contribution is -2.49. The van der Waals surface area contributed by atoms with E-state index in [1.807, 2.05) is 0 Å². The van der Waals surface area contributed by atoms with Crippen LogP contribution in [0.3, 0.4) is 0 Å². The minimum atomic E-state index is -4.94. The van der Waals surface area contributed by atoms with Crippen LogP contribution in [0.15, 0.2) is 72.8 Å². The van der Waals surface area contributed by atoms with Gasteiger partial charge in [0.15, 0.2) is 0 Å². The highest BCUT2D eigenvalue weighted by atomic mass is 19.4. The van der Waals surface area contributed by atoms with Crippen molar-refractivity contribution in [3.63, 3.8) is 0 Å². The maximum absolute atomic E-state index is 14.8. The fraction of sp³-hybridized carbons (Fsp3) is 0.333. The van der Waals surface area contributed by atoms with Crippen molar-refractivity contribution in [2.24, 2.45) is 5.73 Å². The van der Waals surface area contributed by atoms with E-state index in [0.717, 1.165) is 12.1 Å². The Labute approximate surface area is 219 Å². The lowest BCUT2D eigenvalue weighted by molar-refractivity contribution is -0.253. The summed E-state index contributed by atoms with van der Waals surface area (Å²) in [5.74, 6) is -2.05. The lowest BCUT2D eigenvalue weighted by atomic mass is 9.77. The molecular weight excluding hydrogens is 536 g/mol. The predicted molar refractivity (Wildman–Crippen MR) is 128 cm³/mol. The van der Waals surface area contributed by atoms with Crippen LogP contribution in [-0.4, -0.2) is 36.5 Å². The summed E-state index contributed by atoms with van der Waals surface area (Å²) in [4.78, 5) is 0. The highest BCUT2D eigenvalue weighted by Gasteiger charge is 2.45. The number of rotatable bonds is 12. The molecule has 0 amide bonds. The summed E-state index contributed by atoms with van der Waals surface area (Å²) in [6.45, 7) is -0.491. The third-order valence-electron chi connectivity index (χ3n) is 5.97. The van der Waals surface area contributed by atoms with Gasteiger partial charge in [0.05, 0.1) is 18.1 Å². The van der Waals surface area contributed by atoms with E-state index in [9.17, 15) is 40.2 Å². The van der Waals surface area contributed by atoms with Gasteiger partial charge in [-0.3, -0.25) is 0 Å². The van der Waals surface area contributed by atoms with Crippen LogP contribution in [-0.2, 0) is 18.5 Å². The zero-order chi connectivity index (χ0) is 28.8. The molecule has 0 aromatic heterocycles. The number of alkyl halides is 7. The zero-order valence-corrected chi connectivity index (χ0v) is 20.4. The average Bonchev–Trinajstić information content (AvgIpc) is 2.85. The first-order valence-corrected chi connectivity index (χ1v) is 11.7. The molecule has 0 saturated carbocycles. The summed E-state index contributed by atoms with van der Waals surface area (Å²) in [5, 5.41) is 13.0. The second-order valence-corrected chi connectivity index (χ2v) is 8.96. The summed E-state index contributed by atoms with van der Waals surface area (Å²) < 4.78 is 111. The summed E-state index contributed by atoms with van der Waals surface area (Å²) in [5.41, 5.74) is 5.54. The second-order valence-electron chi connectivity index (χ2n) is 8.96. The molecule has 212 valence electrons. The van der Waals surface area contributed by atoms with Gasteiger partial charge in [-0.25, -0.2) is 4.39 Å². The Morgan fingerprint density at radius 2 is 1.49 bits per heavy atom. The maximum atomic E-state index is 14.8. The van der Waals surface area contributed by atoms with Gasteiger partial charge in [0.2, 0.25) is 0 Å². The fourth-order valence-corrected chi connectivity index (χ4v) is 4.17. The smallest absolute Gasteiger partial charge is 0.428 e. The largest absolute Gasteiger partial charge is 0.461 e. The van der Waals surface area contributed by atoms with Gasteiger partial charge in [-0.2, -0.15) is 30.7 Å². The minimum absolute atomic E-state index is 0.0668. The monoisotopic (exact) mass is 562 g/mol. The summed E-state index contributed by atoms with van der Waals surface area (Å²) >= 11 is 0. The Morgan fingerprint density at radius 3 is 2.05 bits per heavy atom. The Balaban J connectivity index is 2.20. The van der Waals surface area contributed by atoms with Gasteiger partial charge < -0.3 is 20.9 Å². The van der Waals surface area contributed by atoms with Crippen LogP contribution >= 0.6 is 0 Å². The standard InChI is InChI=1S/C27H26F8N2O2/c28-21-10-20(11-23(12-21)39-27(34,35)24(29)30)25(13-17-4-2-1-3-5-17,19-8-6-18(15-36)7-9-19)37-16-22(38)14-26(31,32)33/h1-12,22,24,37-38H,13-16,36H2/t22?,25-/m1/s1. The molecule has 0 aliphatic heterocycles. The van der Waals surface area contributed by atoms with Crippen LogP contribution in [0.2, 0.25) is 0 Å². The van der Waals surface area contributed by atoms with Crippen molar-refractivity contribution >= 4 is 0 Å². The van der Waals surface area contributed by atoms with Crippen molar-refractivity contribution < 1.29 is 45.0 Å². The number of nitrogens with two attached hydrogens (primary N) is 1. The average molecular weight is 563 g/mol. The van der Waals surface area contributed by atoms with Gasteiger partial charge in [-0.05, 0) is 40.8 Å². The highest BCUT2D eigenvalue weighted by molar-refractivity contribution is 5.45. The third kappa shape index (κ3) is 8.13. The highest BCUT2D eigenvalue weighted by Crippen LogP contribution is 2.38. The van der Waals surface area contributed by atoms with Crippen molar-refractivity contribution in [2.75, 3.05) is 6.54 Å². The van der Waals surface area contributed by atoms with Gasteiger partial charge in [0.1, 0.15) is 11.6 Å². The molecule has 3 rings (SSSR count). The number of aliphatic hydroxyl groups excluding tert-OH is 1. The summed E-state index contributed by atoms with van der Waals surface area (Å²) in [6, 6.07) is 17.1. The van der Waals surface area contributed by atoms with Crippen molar-refractivity contribution in [1.29, 1.82) is 0 Å². The van der Waals surface area contributed by atoms with Crippen LogP contribution in [0.25, 0.3) is 0 Å². The van der Waals surface area contributed by atoms with Crippen LogP contribution < -0.4 is 15.8 Å². The van der Waals surface area contributed by atoms with E-state index in [4.69, 9.17) is 5.73 Å². The number of hydrogen-bond donors (Lipinski definition) is 3. The summed E-state index contributed by atoms with van der Waals surface area (Å²) in [6.07, 6.45) is -17.4. The van der Waals surface area contributed by atoms with Crippen LogP contribution in [0.1, 0.15) is 28.7 Å². The topological polar surface area (TPSA) is 67.5 Å². The first-order valence-electron chi connectivity index (χ1n) is 11.7. The van der Waals surface area contributed by atoms with Crippen molar-refractivity contribution in [3.8, 4) is 5.75 Å². The molecule has 0 saturated heterocycles. The quantitative estimate of drug-likeness (QED) is 0.240. The van der Waals surface area contributed by atoms with Crippen molar-refractivity contribution in [1.82, 2.24) is 5.32 Å². The van der Waals surface area contributed by atoms with Crippen molar-refractivity contribution in [2.45, 2.75) is 49.7 Å². The molecule has 0 aliphatic rings. The normalized spacial score (nSPS) is 14.7.